The maximum Gasteiger partial charge on any atom is 0.0806 e. The number of halogens is 2. The van der Waals surface area contributed by atoms with E-state index in [1.165, 1.54) is 0 Å². The number of aromatic nitrogens is 2. The smallest absolute Gasteiger partial charge is 0.0806 e. The average molecular weight is 296 g/mol. The topological polar surface area (TPSA) is 37.8 Å². The SMILES string of the molecule is CCNC(c1cnccc1C)c1ncc(Cl)cc1Cl. The van der Waals surface area contributed by atoms with Crippen LogP contribution in [0, 0.1) is 6.92 Å². The highest BCUT2D eigenvalue weighted by atomic mass is 35.5. The molecular weight excluding hydrogens is 281 g/mol. The van der Waals surface area contributed by atoms with E-state index in [1.807, 2.05) is 26.1 Å². The fraction of sp³-hybridized carbons (Fsp3) is 0.286. The number of nitrogens with one attached hydrogen (secondary N) is 1. The molecule has 0 aliphatic rings. The summed E-state index contributed by atoms with van der Waals surface area (Å²) in [6, 6.07) is 3.61. The molecule has 0 aromatic carbocycles. The molecule has 0 radical (unpaired) electrons. The molecule has 2 aromatic rings. The van der Waals surface area contributed by atoms with Crippen LogP contribution >= 0.6 is 23.2 Å². The first-order valence-corrected chi connectivity index (χ1v) is 6.84. The first-order chi connectivity index (χ1) is 9.13. The van der Waals surface area contributed by atoms with E-state index in [0.29, 0.717) is 10.0 Å². The van der Waals surface area contributed by atoms with Crippen molar-refractivity contribution < 1.29 is 0 Å². The van der Waals surface area contributed by atoms with Gasteiger partial charge in [-0.2, -0.15) is 0 Å². The van der Waals surface area contributed by atoms with Gasteiger partial charge in [0, 0.05) is 18.6 Å². The number of rotatable bonds is 4. The van der Waals surface area contributed by atoms with Gasteiger partial charge in [0.15, 0.2) is 0 Å². The van der Waals surface area contributed by atoms with Crippen molar-refractivity contribution in [3.63, 3.8) is 0 Å². The second-order valence-corrected chi connectivity index (χ2v) is 5.09. The van der Waals surface area contributed by atoms with Gasteiger partial charge < -0.3 is 5.32 Å². The lowest BCUT2D eigenvalue weighted by Gasteiger charge is -2.20. The second-order valence-electron chi connectivity index (χ2n) is 4.24. The molecule has 2 aromatic heterocycles. The Hall–Kier alpha value is -1.16. The molecule has 0 saturated heterocycles. The van der Waals surface area contributed by atoms with Crippen molar-refractivity contribution in [3.8, 4) is 0 Å². The minimum atomic E-state index is -0.0801. The fourth-order valence-corrected chi connectivity index (χ4v) is 2.46. The predicted octanol–water partition coefficient (Wildman–Crippen LogP) is 3.79. The van der Waals surface area contributed by atoms with Gasteiger partial charge in [0.25, 0.3) is 0 Å². The van der Waals surface area contributed by atoms with Crippen LogP contribution in [0.15, 0.2) is 30.7 Å². The van der Waals surface area contributed by atoms with Gasteiger partial charge in [0.05, 0.1) is 21.8 Å². The molecule has 0 saturated carbocycles. The molecule has 0 aliphatic heterocycles. The maximum atomic E-state index is 6.25. The van der Waals surface area contributed by atoms with Crippen LogP contribution in [0.5, 0.6) is 0 Å². The zero-order chi connectivity index (χ0) is 13.8. The Morgan fingerprint density at radius 2 is 2.11 bits per heavy atom. The molecule has 2 heterocycles. The zero-order valence-corrected chi connectivity index (χ0v) is 12.3. The molecule has 0 fully saturated rings. The number of hydrogen-bond donors (Lipinski definition) is 1. The molecule has 0 spiro atoms. The van der Waals surface area contributed by atoms with E-state index in [9.17, 15) is 0 Å². The van der Waals surface area contributed by atoms with E-state index in [4.69, 9.17) is 23.2 Å². The Morgan fingerprint density at radius 1 is 1.32 bits per heavy atom. The highest BCUT2D eigenvalue weighted by molar-refractivity contribution is 6.34. The van der Waals surface area contributed by atoms with E-state index in [-0.39, 0.29) is 6.04 Å². The summed E-state index contributed by atoms with van der Waals surface area (Å²) in [6.45, 7) is 4.90. The third-order valence-corrected chi connectivity index (χ3v) is 3.42. The summed E-state index contributed by atoms with van der Waals surface area (Å²) in [7, 11) is 0. The van der Waals surface area contributed by atoms with Gasteiger partial charge in [-0.25, -0.2) is 0 Å². The molecule has 100 valence electrons. The summed E-state index contributed by atoms with van der Waals surface area (Å²) in [6.07, 6.45) is 5.23. The minimum Gasteiger partial charge on any atom is -0.305 e. The van der Waals surface area contributed by atoms with Gasteiger partial charge >= 0.3 is 0 Å². The Bertz CT molecular complexity index is 572. The standard InChI is InChI=1S/C14H15Cl2N3/c1-3-18-13(11-8-17-5-4-9(11)2)14-12(16)6-10(15)7-19-14/h4-8,13,18H,3H2,1-2H3. The molecule has 1 N–H and O–H groups in total. The molecular formula is C14H15Cl2N3. The Kier molecular flexibility index (Phi) is 4.75. The first kappa shape index (κ1) is 14.3. The fourth-order valence-electron chi connectivity index (χ4n) is 1.97. The lowest BCUT2D eigenvalue weighted by atomic mass is 10.0. The predicted molar refractivity (Wildman–Crippen MR) is 78.8 cm³/mol. The molecule has 3 nitrogen and oxygen atoms in total. The van der Waals surface area contributed by atoms with E-state index in [2.05, 4.69) is 15.3 Å². The van der Waals surface area contributed by atoms with Crippen molar-refractivity contribution in [1.29, 1.82) is 0 Å². The van der Waals surface area contributed by atoms with Crippen LogP contribution in [0.2, 0.25) is 10.0 Å². The van der Waals surface area contributed by atoms with Crippen molar-refractivity contribution in [1.82, 2.24) is 15.3 Å². The molecule has 1 unspecified atom stereocenters. The molecule has 0 amide bonds. The highest BCUT2D eigenvalue weighted by Gasteiger charge is 2.19. The van der Waals surface area contributed by atoms with Gasteiger partial charge in [-0.05, 0) is 36.7 Å². The van der Waals surface area contributed by atoms with Crippen molar-refractivity contribution in [2.75, 3.05) is 6.54 Å². The highest BCUT2D eigenvalue weighted by Crippen LogP contribution is 2.29. The Labute approximate surface area is 123 Å². The van der Waals surface area contributed by atoms with Crippen molar-refractivity contribution in [2.45, 2.75) is 19.9 Å². The number of aryl methyl sites for hydroxylation is 1. The summed E-state index contributed by atoms with van der Waals surface area (Å²) in [4.78, 5) is 8.54. The minimum absolute atomic E-state index is 0.0801. The van der Waals surface area contributed by atoms with Crippen LogP contribution < -0.4 is 5.32 Å². The second kappa shape index (κ2) is 6.33. The largest absolute Gasteiger partial charge is 0.305 e. The Balaban J connectivity index is 2.48. The number of hydrogen-bond acceptors (Lipinski definition) is 3. The molecule has 2 rings (SSSR count). The van der Waals surface area contributed by atoms with Gasteiger partial charge in [-0.3, -0.25) is 9.97 Å². The lowest BCUT2D eigenvalue weighted by molar-refractivity contribution is 0.611. The van der Waals surface area contributed by atoms with Gasteiger partial charge in [0.1, 0.15) is 0 Å². The molecule has 5 heteroatoms. The zero-order valence-electron chi connectivity index (χ0n) is 10.8. The van der Waals surface area contributed by atoms with Crippen LogP contribution in [-0.4, -0.2) is 16.5 Å². The van der Waals surface area contributed by atoms with E-state index in [1.54, 1.807) is 18.5 Å². The molecule has 0 bridgehead atoms. The first-order valence-electron chi connectivity index (χ1n) is 6.08. The molecule has 1 atom stereocenters. The summed E-state index contributed by atoms with van der Waals surface area (Å²) < 4.78 is 0. The van der Waals surface area contributed by atoms with Crippen LogP contribution in [0.25, 0.3) is 0 Å². The third-order valence-electron chi connectivity index (χ3n) is 2.91. The lowest BCUT2D eigenvalue weighted by Crippen LogP contribution is -2.24. The van der Waals surface area contributed by atoms with Crippen molar-refractivity contribution in [2.24, 2.45) is 0 Å². The summed E-state index contributed by atoms with van der Waals surface area (Å²) in [5.74, 6) is 0. The summed E-state index contributed by atoms with van der Waals surface area (Å²) in [5, 5.41) is 4.48. The van der Waals surface area contributed by atoms with Gasteiger partial charge in [0.2, 0.25) is 0 Å². The molecule has 0 aliphatic carbocycles. The van der Waals surface area contributed by atoms with Gasteiger partial charge in [-0.15, -0.1) is 0 Å². The summed E-state index contributed by atoms with van der Waals surface area (Å²) in [5.41, 5.74) is 2.99. The number of nitrogens with zero attached hydrogens (tertiary/aromatic N) is 2. The third kappa shape index (κ3) is 3.24. The number of pyridine rings is 2. The maximum absolute atomic E-state index is 6.25. The van der Waals surface area contributed by atoms with E-state index in [0.717, 1.165) is 23.4 Å². The van der Waals surface area contributed by atoms with Crippen LogP contribution in [0.3, 0.4) is 0 Å². The van der Waals surface area contributed by atoms with E-state index >= 15 is 0 Å². The van der Waals surface area contributed by atoms with E-state index < -0.39 is 0 Å². The quantitative estimate of drug-likeness (QED) is 0.932. The van der Waals surface area contributed by atoms with Gasteiger partial charge in [-0.1, -0.05) is 30.1 Å². The van der Waals surface area contributed by atoms with Crippen LogP contribution in [-0.2, 0) is 0 Å². The van der Waals surface area contributed by atoms with Crippen molar-refractivity contribution in [3.05, 3.63) is 57.6 Å². The van der Waals surface area contributed by atoms with Crippen LogP contribution in [0.1, 0.15) is 29.8 Å². The van der Waals surface area contributed by atoms with Crippen LogP contribution in [0.4, 0.5) is 0 Å². The molecule has 19 heavy (non-hydrogen) atoms. The monoisotopic (exact) mass is 295 g/mol. The Morgan fingerprint density at radius 3 is 2.74 bits per heavy atom. The van der Waals surface area contributed by atoms with Crippen molar-refractivity contribution >= 4 is 23.2 Å². The normalized spacial score (nSPS) is 12.4. The summed E-state index contributed by atoms with van der Waals surface area (Å²) >= 11 is 12.2. The average Bonchev–Trinajstić information content (AvgIpc) is 2.38.